The van der Waals surface area contributed by atoms with Crippen LogP contribution in [-0.2, 0) is 0 Å². The highest BCUT2D eigenvalue weighted by molar-refractivity contribution is 9.10. The molecule has 5 heteroatoms. The lowest BCUT2D eigenvalue weighted by atomic mass is 10.1. The number of carbonyl (C=O) groups is 1. The van der Waals surface area contributed by atoms with E-state index in [1.54, 1.807) is 12.1 Å². The van der Waals surface area contributed by atoms with E-state index in [-0.39, 0.29) is 16.4 Å². The van der Waals surface area contributed by atoms with Gasteiger partial charge in [-0.25, -0.2) is 4.39 Å². The summed E-state index contributed by atoms with van der Waals surface area (Å²) in [5.74, 6) is -1.04. The number of hydrogen-bond donors (Lipinski definition) is 0. The quantitative estimate of drug-likeness (QED) is 0.419. The molecule has 0 saturated heterocycles. The lowest BCUT2D eigenvalue weighted by Crippen LogP contribution is -2.02. The van der Waals surface area contributed by atoms with E-state index in [0.717, 1.165) is 10.1 Å². The summed E-state index contributed by atoms with van der Waals surface area (Å²) in [6, 6.07) is 12.5. The minimum absolute atomic E-state index is 0.00949. The number of benzene rings is 2. The molecule has 2 aromatic carbocycles. The van der Waals surface area contributed by atoms with E-state index < -0.39 is 5.82 Å². The first kappa shape index (κ1) is 13.7. The molecule has 1 heterocycles. The molecule has 0 aliphatic rings. The number of thiophene rings is 1. The molecule has 20 heavy (non-hydrogen) atoms. The molecule has 100 valence electrons. The van der Waals surface area contributed by atoms with Gasteiger partial charge in [-0.1, -0.05) is 29.8 Å². The average Bonchev–Trinajstić information content (AvgIpc) is 2.88. The molecule has 0 aliphatic heterocycles. The molecule has 0 radical (unpaired) electrons. The molecule has 0 atom stereocenters. The molecular formula is C15H7BrClFOS. The van der Waals surface area contributed by atoms with Crippen molar-refractivity contribution in [1.29, 1.82) is 0 Å². The van der Waals surface area contributed by atoms with Crippen LogP contribution in [0.15, 0.2) is 46.9 Å². The van der Waals surface area contributed by atoms with Crippen molar-refractivity contribution in [2.45, 2.75) is 0 Å². The maximum absolute atomic E-state index is 14.1. The normalized spacial score (nSPS) is 10.9. The third kappa shape index (κ3) is 2.28. The monoisotopic (exact) mass is 368 g/mol. The van der Waals surface area contributed by atoms with Gasteiger partial charge in [-0.3, -0.25) is 4.79 Å². The van der Waals surface area contributed by atoms with Crippen LogP contribution in [0.5, 0.6) is 0 Å². The Morgan fingerprint density at radius 1 is 1.20 bits per heavy atom. The zero-order chi connectivity index (χ0) is 14.3. The smallest absolute Gasteiger partial charge is 0.205 e. The lowest BCUT2D eigenvalue weighted by molar-refractivity contribution is 0.103. The fourth-order valence-corrected chi connectivity index (χ4v) is 3.42. The predicted octanol–water partition coefficient (Wildman–Crippen LogP) is 5.69. The Balaban J connectivity index is 2.11. The molecular weight excluding hydrogens is 363 g/mol. The van der Waals surface area contributed by atoms with Gasteiger partial charge in [-0.2, -0.15) is 0 Å². The Kier molecular flexibility index (Phi) is 3.63. The van der Waals surface area contributed by atoms with Crippen LogP contribution in [-0.4, -0.2) is 5.78 Å². The Morgan fingerprint density at radius 3 is 2.70 bits per heavy atom. The van der Waals surface area contributed by atoms with Crippen LogP contribution in [0.1, 0.15) is 15.2 Å². The van der Waals surface area contributed by atoms with Gasteiger partial charge in [0.05, 0.1) is 15.5 Å². The second kappa shape index (κ2) is 5.28. The molecule has 0 saturated carbocycles. The Bertz CT molecular complexity index is 795. The first-order valence-electron chi connectivity index (χ1n) is 5.74. The summed E-state index contributed by atoms with van der Waals surface area (Å²) in [6.07, 6.45) is 0. The van der Waals surface area contributed by atoms with E-state index in [9.17, 15) is 9.18 Å². The summed E-state index contributed by atoms with van der Waals surface area (Å²) in [5.41, 5.74) is -0.00949. The molecule has 0 fully saturated rings. The number of carbonyl (C=O) groups excluding carboxylic acids is 1. The van der Waals surface area contributed by atoms with Gasteiger partial charge in [0.15, 0.2) is 5.82 Å². The third-order valence-corrected chi connectivity index (χ3v) is 5.30. The number of fused-ring (bicyclic) bond motifs is 1. The summed E-state index contributed by atoms with van der Waals surface area (Å²) in [5, 5.41) is 0.904. The number of hydrogen-bond acceptors (Lipinski definition) is 2. The molecule has 0 unspecified atom stereocenters. The zero-order valence-corrected chi connectivity index (χ0v) is 13.2. The van der Waals surface area contributed by atoms with Gasteiger partial charge in [0, 0.05) is 9.17 Å². The maximum Gasteiger partial charge on any atom is 0.205 e. The summed E-state index contributed by atoms with van der Waals surface area (Å²) >= 11 is 10.3. The van der Waals surface area contributed by atoms with Gasteiger partial charge in [0.25, 0.3) is 0 Å². The minimum Gasteiger partial charge on any atom is -0.288 e. The van der Waals surface area contributed by atoms with Crippen LogP contribution in [0.4, 0.5) is 4.39 Å². The van der Waals surface area contributed by atoms with Crippen molar-refractivity contribution in [2.24, 2.45) is 0 Å². The van der Waals surface area contributed by atoms with E-state index in [1.807, 2.05) is 24.3 Å². The number of rotatable bonds is 2. The fraction of sp³-hybridized carbons (Fsp3) is 0. The highest BCUT2D eigenvalue weighted by Crippen LogP contribution is 2.31. The summed E-state index contributed by atoms with van der Waals surface area (Å²) in [7, 11) is 0. The van der Waals surface area contributed by atoms with Gasteiger partial charge in [-0.15, -0.1) is 11.3 Å². The second-order valence-corrected chi connectivity index (χ2v) is 6.52. The molecule has 3 aromatic rings. The van der Waals surface area contributed by atoms with E-state index in [2.05, 4.69) is 15.9 Å². The van der Waals surface area contributed by atoms with Crippen molar-refractivity contribution >= 4 is 54.7 Å². The molecule has 0 N–H and O–H groups in total. The zero-order valence-electron chi connectivity index (χ0n) is 9.99. The van der Waals surface area contributed by atoms with Crippen molar-refractivity contribution in [3.05, 3.63) is 68.2 Å². The molecule has 3 rings (SSSR count). The van der Waals surface area contributed by atoms with Crippen LogP contribution in [0.2, 0.25) is 5.02 Å². The van der Waals surface area contributed by atoms with E-state index in [1.165, 1.54) is 17.4 Å². The van der Waals surface area contributed by atoms with Crippen molar-refractivity contribution in [1.82, 2.24) is 0 Å². The third-order valence-electron chi connectivity index (χ3n) is 2.93. The van der Waals surface area contributed by atoms with Crippen molar-refractivity contribution in [2.75, 3.05) is 0 Å². The Morgan fingerprint density at radius 2 is 1.95 bits per heavy atom. The van der Waals surface area contributed by atoms with E-state index in [4.69, 9.17) is 11.6 Å². The number of ketones is 1. The maximum atomic E-state index is 14.1. The minimum atomic E-state index is -0.691. The summed E-state index contributed by atoms with van der Waals surface area (Å²) in [6.45, 7) is 0. The van der Waals surface area contributed by atoms with Gasteiger partial charge < -0.3 is 0 Å². The van der Waals surface area contributed by atoms with Crippen LogP contribution >= 0.6 is 38.9 Å². The van der Waals surface area contributed by atoms with Gasteiger partial charge in [0.1, 0.15) is 0 Å². The summed E-state index contributed by atoms with van der Waals surface area (Å²) < 4.78 is 15.5. The molecule has 0 amide bonds. The van der Waals surface area contributed by atoms with E-state index >= 15 is 0 Å². The Labute approximate surface area is 132 Å². The molecule has 1 aromatic heterocycles. The molecule has 1 nitrogen and oxygen atoms in total. The Hall–Kier alpha value is -1.23. The predicted molar refractivity (Wildman–Crippen MR) is 84.4 cm³/mol. The van der Waals surface area contributed by atoms with Crippen molar-refractivity contribution in [3.63, 3.8) is 0 Å². The largest absolute Gasteiger partial charge is 0.288 e. The SMILES string of the molecule is O=C(c1cc2ccccc2s1)c1ccc(Br)c(Cl)c1F. The van der Waals surface area contributed by atoms with Crippen LogP contribution < -0.4 is 0 Å². The number of halogens is 3. The molecule has 0 bridgehead atoms. The van der Waals surface area contributed by atoms with Crippen molar-refractivity contribution in [3.8, 4) is 0 Å². The summed E-state index contributed by atoms with van der Waals surface area (Å²) in [4.78, 5) is 12.9. The van der Waals surface area contributed by atoms with Crippen LogP contribution in [0.3, 0.4) is 0 Å². The van der Waals surface area contributed by atoms with Gasteiger partial charge in [0.2, 0.25) is 5.78 Å². The molecule has 0 aliphatic carbocycles. The highest BCUT2D eigenvalue weighted by Gasteiger charge is 2.19. The topological polar surface area (TPSA) is 17.1 Å². The fourth-order valence-electron chi connectivity index (χ4n) is 1.93. The van der Waals surface area contributed by atoms with Crippen LogP contribution in [0.25, 0.3) is 10.1 Å². The first-order valence-corrected chi connectivity index (χ1v) is 7.73. The lowest BCUT2D eigenvalue weighted by Gasteiger charge is -2.03. The first-order chi connectivity index (χ1) is 9.58. The van der Waals surface area contributed by atoms with Crippen molar-refractivity contribution < 1.29 is 9.18 Å². The van der Waals surface area contributed by atoms with Gasteiger partial charge >= 0.3 is 0 Å². The van der Waals surface area contributed by atoms with Crippen LogP contribution in [0, 0.1) is 5.82 Å². The van der Waals surface area contributed by atoms with E-state index in [0.29, 0.717) is 9.35 Å². The molecule has 0 spiro atoms. The standard InChI is InChI=1S/C15H7BrClFOS/c16-10-6-5-9(14(18)13(10)17)15(19)12-7-8-3-1-2-4-11(8)20-12/h1-7H. The average molecular weight is 370 g/mol. The highest BCUT2D eigenvalue weighted by atomic mass is 79.9. The van der Waals surface area contributed by atoms with Gasteiger partial charge in [-0.05, 0) is 45.6 Å². The second-order valence-electron chi connectivity index (χ2n) is 4.20.